The van der Waals surface area contributed by atoms with Crippen LogP contribution in [0.15, 0.2) is 12.2 Å². The van der Waals surface area contributed by atoms with Crippen molar-refractivity contribution in [2.24, 2.45) is 0 Å². The highest BCUT2D eigenvalue weighted by Crippen LogP contribution is 2.44. The zero-order valence-electron chi connectivity index (χ0n) is 10.6. The molecule has 0 aromatic heterocycles. The Hall–Kier alpha value is -0.420. The van der Waals surface area contributed by atoms with Gasteiger partial charge in [-0.2, -0.15) is 0 Å². The molecule has 96 valence electrons. The van der Waals surface area contributed by atoms with Gasteiger partial charge in [0, 0.05) is 7.11 Å². The van der Waals surface area contributed by atoms with Crippen molar-refractivity contribution in [3.05, 3.63) is 12.2 Å². The molecule has 2 saturated heterocycles. The van der Waals surface area contributed by atoms with E-state index in [9.17, 15) is 0 Å². The van der Waals surface area contributed by atoms with Crippen molar-refractivity contribution in [2.75, 3.05) is 13.7 Å². The second-order valence-corrected chi connectivity index (χ2v) is 5.55. The van der Waals surface area contributed by atoms with Crippen LogP contribution in [0.2, 0.25) is 0 Å². The van der Waals surface area contributed by atoms with Crippen molar-refractivity contribution in [3.8, 4) is 0 Å². The monoisotopic (exact) mass is 240 g/mol. The average Bonchev–Trinajstić information content (AvgIpc) is 2.83. The van der Waals surface area contributed by atoms with Gasteiger partial charge in [-0.25, -0.2) is 0 Å². The lowest BCUT2D eigenvalue weighted by molar-refractivity contribution is -0.214. The van der Waals surface area contributed by atoms with Crippen molar-refractivity contribution in [1.82, 2.24) is 0 Å². The van der Waals surface area contributed by atoms with Crippen molar-refractivity contribution >= 4 is 0 Å². The van der Waals surface area contributed by atoms with Gasteiger partial charge >= 0.3 is 0 Å². The highest BCUT2D eigenvalue weighted by atomic mass is 16.8. The van der Waals surface area contributed by atoms with Crippen LogP contribution in [-0.4, -0.2) is 43.4 Å². The molecule has 3 rings (SSSR count). The maximum absolute atomic E-state index is 6.04. The largest absolute Gasteiger partial charge is 0.376 e. The molecule has 1 spiro atoms. The van der Waals surface area contributed by atoms with Gasteiger partial charge in [-0.1, -0.05) is 12.2 Å². The van der Waals surface area contributed by atoms with Gasteiger partial charge in [-0.3, -0.25) is 0 Å². The van der Waals surface area contributed by atoms with E-state index in [4.69, 9.17) is 18.9 Å². The third kappa shape index (κ3) is 1.74. The first kappa shape index (κ1) is 11.7. The summed E-state index contributed by atoms with van der Waals surface area (Å²) in [6.07, 6.45) is 6.03. The van der Waals surface area contributed by atoms with Crippen LogP contribution in [0.25, 0.3) is 0 Å². The minimum atomic E-state index is -0.535. The van der Waals surface area contributed by atoms with E-state index < -0.39 is 5.79 Å². The Morgan fingerprint density at radius 3 is 2.53 bits per heavy atom. The molecule has 0 unspecified atom stereocenters. The standard InChI is InChI=1S/C13H20O4/c1-12(2)16-9-8-15-13(6-4-5-7-13)11(14-3)10(9)17-12/h4-5,9-11H,6-8H2,1-3H3/t9-,10-,11+/m0/s1. The zero-order chi connectivity index (χ0) is 12.1. The lowest BCUT2D eigenvalue weighted by atomic mass is 9.85. The van der Waals surface area contributed by atoms with Gasteiger partial charge < -0.3 is 18.9 Å². The molecule has 2 aliphatic heterocycles. The van der Waals surface area contributed by atoms with E-state index in [-0.39, 0.29) is 23.9 Å². The Labute approximate surface area is 102 Å². The molecule has 3 atom stereocenters. The van der Waals surface area contributed by atoms with Gasteiger partial charge in [-0.05, 0) is 26.7 Å². The van der Waals surface area contributed by atoms with Gasteiger partial charge in [0.25, 0.3) is 0 Å². The lowest BCUT2D eigenvalue weighted by Gasteiger charge is -2.44. The summed E-state index contributed by atoms with van der Waals surface area (Å²) >= 11 is 0. The highest BCUT2D eigenvalue weighted by molar-refractivity contribution is 5.13. The average molecular weight is 240 g/mol. The molecule has 0 bridgehead atoms. The molecule has 1 aliphatic carbocycles. The number of ether oxygens (including phenoxy) is 4. The summed E-state index contributed by atoms with van der Waals surface area (Å²) in [5, 5.41) is 0. The van der Waals surface area contributed by atoms with Gasteiger partial charge in [0.2, 0.25) is 0 Å². The van der Waals surface area contributed by atoms with Crippen LogP contribution in [0, 0.1) is 0 Å². The molecule has 0 aromatic carbocycles. The Balaban J connectivity index is 1.85. The summed E-state index contributed by atoms with van der Waals surface area (Å²) in [5.41, 5.74) is -0.236. The fourth-order valence-electron chi connectivity index (χ4n) is 3.23. The molecule has 3 aliphatic rings. The topological polar surface area (TPSA) is 36.9 Å². The van der Waals surface area contributed by atoms with Crippen molar-refractivity contribution < 1.29 is 18.9 Å². The lowest BCUT2D eigenvalue weighted by Crippen LogP contribution is -2.59. The Morgan fingerprint density at radius 1 is 1.18 bits per heavy atom. The van der Waals surface area contributed by atoms with Gasteiger partial charge in [0.15, 0.2) is 5.79 Å². The molecule has 4 nitrogen and oxygen atoms in total. The van der Waals surface area contributed by atoms with Gasteiger partial charge in [0.05, 0.1) is 6.61 Å². The SMILES string of the molecule is CO[C@@H]1[C@H]2OC(C)(C)O[C@H]2COC12CC=CC2. The molecule has 0 saturated carbocycles. The van der Waals surface area contributed by atoms with E-state index in [1.165, 1.54) is 0 Å². The predicted molar refractivity (Wildman–Crippen MR) is 61.7 cm³/mol. The number of rotatable bonds is 1. The van der Waals surface area contributed by atoms with Crippen LogP contribution < -0.4 is 0 Å². The van der Waals surface area contributed by atoms with E-state index in [1.807, 2.05) is 13.8 Å². The van der Waals surface area contributed by atoms with Crippen molar-refractivity contribution in [2.45, 2.75) is 56.4 Å². The first-order valence-corrected chi connectivity index (χ1v) is 6.24. The molecule has 0 radical (unpaired) electrons. The molecular formula is C13H20O4. The van der Waals surface area contributed by atoms with E-state index in [1.54, 1.807) is 7.11 Å². The number of fused-ring (bicyclic) bond motifs is 1. The molecule has 0 N–H and O–H groups in total. The van der Waals surface area contributed by atoms with Crippen LogP contribution in [0.4, 0.5) is 0 Å². The molecule has 17 heavy (non-hydrogen) atoms. The van der Waals surface area contributed by atoms with Crippen LogP contribution in [-0.2, 0) is 18.9 Å². The Kier molecular flexibility index (Phi) is 2.60. The summed E-state index contributed by atoms with van der Waals surface area (Å²) in [6.45, 7) is 4.48. The quantitative estimate of drug-likeness (QED) is 0.653. The van der Waals surface area contributed by atoms with Crippen LogP contribution in [0.3, 0.4) is 0 Å². The van der Waals surface area contributed by atoms with Crippen molar-refractivity contribution in [1.29, 1.82) is 0 Å². The molecule has 0 aromatic rings. The molecule has 4 heteroatoms. The van der Waals surface area contributed by atoms with E-state index in [0.717, 1.165) is 12.8 Å². The Morgan fingerprint density at radius 2 is 1.88 bits per heavy atom. The van der Waals surface area contributed by atoms with Crippen LogP contribution in [0.5, 0.6) is 0 Å². The number of hydrogen-bond acceptors (Lipinski definition) is 4. The summed E-state index contributed by atoms with van der Waals surface area (Å²) < 4.78 is 23.5. The third-order valence-corrected chi connectivity index (χ3v) is 3.92. The normalized spacial score (nSPS) is 41.9. The minimum absolute atomic E-state index is 0.0128. The van der Waals surface area contributed by atoms with Crippen LogP contribution in [0.1, 0.15) is 26.7 Å². The van der Waals surface area contributed by atoms with Gasteiger partial charge in [-0.15, -0.1) is 0 Å². The van der Waals surface area contributed by atoms with Gasteiger partial charge in [0.1, 0.15) is 23.9 Å². The number of hydrogen-bond donors (Lipinski definition) is 0. The second kappa shape index (κ2) is 3.79. The van der Waals surface area contributed by atoms with E-state index in [2.05, 4.69) is 12.2 Å². The first-order chi connectivity index (χ1) is 8.06. The fraction of sp³-hybridized carbons (Fsp3) is 0.846. The summed E-state index contributed by atoms with van der Waals surface area (Å²) in [6, 6.07) is 0. The summed E-state index contributed by atoms with van der Waals surface area (Å²) in [5.74, 6) is -0.535. The molecule has 0 amide bonds. The smallest absolute Gasteiger partial charge is 0.164 e. The summed E-state index contributed by atoms with van der Waals surface area (Å²) in [7, 11) is 1.73. The highest BCUT2D eigenvalue weighted by Gasteiger charge is 2.57. The van der Waals surface area contributed by atoms with Crippen LogP contribution >= 0.6 is 0 Å². The summed E-state index contributed by atoms with van der Waals surface area (Å²) in [4.78, 5) is 0. The maximum atomic E-state index is 6.04. The van der Waals surface area contributed by atoms with Crippen molar-refractivity contribution in [3.63, 3.8) is 0 Å². The molecule has 2 heterocycles. The Bertz CT molecular complexity index is 328. The minimum Gasteiger partial charge on any atom is -0.376 e. The van der Waals surface area contributed by atoms with E-state index >= 15 is 0 Å². The molecule has 2 fully saturated rings. The number of methoxy groups -OCH3 is 1. The predicted octanol–water partition coefficient (Wildman–Crippen LogP) is 1.64. The maximum Gasteiger partial charge on any atom is 0.164 e. The molecular weight excluding hydrogens is 220 g/mol. The van der Waals surface area contributed by atoms with E-state index in [0.29, 0.717) is 6.61 Å². The zero-order valence-corrected chi connectivity index (χ0v) is 10.6. The third-order valence-electron chi connectivity index (χ3n) is 3.92. The fourth-order valence-corrected chi connectivity index (χ4v) is 3.23. The second-order valence-electron chi connectivity index (χ2n) is 5.55. The first-order valence-electron chi connectivity index (χ1n) is 6.24.